The van der Waals surface area contributed by atoms with E-state index in [2.05, 4.69) is 27.8 Å². The fourth-order valence-electron chi connectivity index (χ4n) is 3.43. The van der Waals surface area contributed by atoms with E-state index in [0.29, 0.717) is 16.8 Å². The highest BCUT2D eigenvalue weighted by Crippen LogP contribution is 2.44. The molecule has 148 valence electrons. The Hall–Kier alpha value is -2.52. The van der Waals surface area contributed by atoms with Crippen LogP contribution in [0.3, 0.4) is 0 Å². The van der Waals surface area contributed by atoms with Crippen LogP contribution >= 0.6 is 23.1 Å². The van der Waals surface area contributed by atoms with Crippen molar-refractivity contribution in [1.29, 1.82) is 0 Å². The summed E-state index contributed by atoms with van der Waals surface area (Å²) in [4.78, 5) is 19.3. The average molecular weight is 425 g/mol. The average Bonchev–Trinajstić information content (AvgIpc) is 3.34. The molecule has 1 aliphatic carbocycles. The second-order valence-corrected chi connectivity index (χ2v) is 8.92. The van der Waals surface area contributed by atoms with Gasteiger partial charge < -0.3 is 0 Å². The highest BCUT2D eigenvalue weighted by Gasteiger charge is 2.29. The normalized spacial score (nSPS) is 14.0. The number of tetrazole rings is 1. The molecule has 7 nitrogen and oxygen atoms in total. The molecule has 1 fully saturated rings. The van der Waals surface area contributed by atoms with E-state index in [1.54, 1.807) is 15.9 Å². The lowest BCUT2D eigenvalue weighted by molar-refractivity contribution is 0.564. The third-order valence-electron chi connectivity index (χ3n) is 5.01. The summed E-state index contributed by atoms with van der Waals surface area (Å²) >= 11 is 3.06. The number of thioether (sulfide) groups is 1. The molecular formula is C20H20N6OS2. The zero-order chi connectivity index (χ0) is 19.8. The van der Waals surface area contributed by atoms with E-state index < -0.39 is 0 Å². The van der Waals surface area contributed by atoms with Gasteiger partial charge in [0.2, 0.25) is 0 Å². The first-order valence-electron chi connectivity index (χ1n) is 9.73. The quantitative estimate of drug-likeness (QED) is 0.329. The lowest BCUT2D eigenvalue weighted by Gasteiger charge is -2.12. The Morgan fingerprint density at radius 2 is 2.07 bits per heavy atom. The summed E-state index contributed by atoms with van der Waals surface area (Å²) in [5.41, 5.74) is 2.01. The van der Waals surface area contributed by atoms with E-state index in [-0.39, 0.29) is 5.56 Å². The molecule has 0 aliphatic heterocycles. The molecule has 0 bridgehead atoms. The van der Waals surface area contributed by atoms with Gasteiger partial charge in [-0.25, -0.2) is 9.67 Å². The Morgan fingerprint density at radius 3 is 2.83 bits per heavy atom. The molecule has 3 aromatic heterocycles. The molecule has 0 amide bonds. The first kappa shape index (κ1) is 18.5. The summed E-state index contributed by atoms with van der Waals surface area (Å²) in [5, 5.41) is 15.5. The van der Waals surface area contributed by atoms with Gasteiger partial charge in [-0.05, 0) is 58.7 Å². The predicted octanol–water partition coefficient (Wildman–Crippen LogP) is 4.01. The largest absolute Gasteiger partial charge is 0.268 e. The van der Waals surface area contributed by atoms with Crippen molar-refractivity contribution in [3.8, 4) is 5.69 Å². The Balaban J connectivity index is 1.60. The van der Waals surface area contributed by atoms with E-state index >= 15 is 0 Å². The standard InChI is InChI=1S/C20H20N6OS2/c1-2-10-25-16(22-23-24-25)12-29-20-21-18-17(15(11-28-18)13-8-9-13)19(27)26(20)14-6-4-3-5-7-14/h3-7,11,13H,2,8-10,12H2,1H3. The van der Waals surface area contributed by atoms with Crippen molar-refractivity contribution in [3.63, 3.8) is 0 Å². The second kappa shape index (κ2) is 7.72. The van der Waals surface area contributed by atoms with E-state index in [0.717, 1.165) is 53.1 Å². The molecule has 0 saturated heterocycles. The molecule has 0 radical (unpaired) electrons. The molecule has 5 rings (SSSR count). The fourth-order valence-corrected chi connectivity index (χ4v) is 5.44. The maximum absolute atomic E-state index is 13.6. The fraction of sp³-hybridized carbons (Fsp3) is 0.350. The van der Waals surface area contributed by atoms with Gasteiger partial charge in [0, 0.05) is 6.54 Å². The van der Waals surface area contributed by atoms with E-state index in [1.807, 2.05) is 35.0 Å². The zero-order valence-corrected chi connectivity index (χ0v) is 17.6. The van der Waals surface area contributed by atoms with Crippen LogP contribution in [0.15, 0.2) is 45.7 Å². The van der Waals surface area contributed by atoms with Gasteiger partial charge >= 0.3 is 0 Å². The second-order valence-electron chi connectivity index (χ2n) is 7.12. The number of rotatable bonds is 7. The first-order valence-corrected chi connectivity index (χ1v) is 11.6. The smallest absolute Gasteiger partial charge is 0.267 e. The number of hydrogen-bond acceptors (Lipinski definition) is 7. The maximum Gasteiger partial charge on any atom is 0.267 e. The molecule has 1 aromatic carbocycles. The SMILES string of the molecule is CCCn1nnnc1CSc1nc2scc(C3CC3)c2c(=O)n1-c1ccccc1. The minimum atomic E-state index is 0.0139. The van der Waals surface area contributed by atoms with Gasteiger partial charge in [-0.15, -0.1) is 16.4 Å². The van der Waals surface area contributed by atoms with Crippen molar-refractivity contribution in [2.45, 2.75) is 49.6 Å². The van der Waals surface area contributed by atoms with Crippen LogP contribution in [-0.4, -0.2) is 29.8 Å². The number of para-hydroxylation sites is 1. The molecule has 0 N–H and O–H groups in total. The lowest BCUT2D eigenvalue weighted by atomic mass is 10.1. The maximum atomic E-state index is 13.6. The van der Waals surface area contributed by atoms with Crippen LogP contribution in [0.2, 0.25) is 0 Å². The number of thiophene rings is 1. The van der Waals surface area contributed by atoms with Crippen LogP contribution in [-0.2, 0) is 12.3 Å². The first-order chi connectivity index (χ1) is 14.3. The van der Waals surface area contributed by atoms with Gasteiger partial charge in [0.1, 0.15) is 4.83 Å². The number of benzene rings is 1. The van der Waals surface area contributed by atoms with Gasteiger partial charge in [0.05, 0.1) is 16.8 Å². The third kappa shape index (κ3) is 3.49. The van der Waals surface area contributed by atoms with Crippen molar-refractivity contribution < 1.29 is 0 Å². The summed E-state index contributed by atoms with van der Waals surface area (Å²) < 4.78 is 3.55. The van der Waals surface area contributed by atoms with Gasteiger partial charge in [-0.2, -0.15) is 0 Å². The van der Waals surface area contributed by atoms with E-state index in [4.69, 9.17) is 4.98 Å². The van der Waals surface area contributed by atoms with Crippen molar-refractivity contribution in [2.75, 3.05) is 0 Å². The number of nitrogens with zero attached hydrogens (tertiary/aromatic N) is 6. The molecular weight excluding hydrogens is 404 g/mol. The Labute approximate surface area is 175 Å². The molecule has 1 saturated carbocycles. The Bertz CT molecular complexity index is 1210. The summed E-state index contributed by atoms with van der Waals surface area (Å²) in [5.74, 6) is 1.86. The van der Waals surface area contributed by atoms with Crippen LogP contribution in [0.5, 0.6) is 0 Å². The van der Waals surface area contributed by atoms with Crippen molar-refractivity contribution >= 4 is 33.3 Å². The van der Waals surface area contributed by atoms with Crippen molar-refractivity contribution in [1.82, 2.24) is 29.8 Å². The molecule has 9 heteroatoms. The Kier molecular flexibility index (Phi) is 4.92. The van der Waals surface area contributed by atoms with Crippen LogP contribution in [0.25, 0.3) is 15.9 Å². The van der Waals surface area contributed by atoms with Crippen molar-refractivity contribution in [2.24, 2.45) is 0 Å². The van der Waals surface area contributed by atoms with Crippen LogP contribution < -0.4 is 5.56 Å². The predicted molar refractivity (Wildman–Crippen MR) is 115 cm³/mol. The summed E-state index contributed by atoms with van der Waals surface area (Å²) in [6, 6.07) is 9.73. The van der Waals surface area contributed by atoms with Gasteiger partial charge in [-0.3, -0.25) is 9.36 Å². The molecule has 29 heavy (non-hydrogen) atoms. The number of aryl methyl sites for hydroxylation is 1. The third-order valence-corrected chi connectivity index (χ3v) is 6.83. The number of aromatic nitrogens is 6. The highest BCUT2D eigenvalue weighted by atomic mass is 32.2. The number of fused-ring (bicyclic) bond motifs is 1. The Morgan fingerprint density at radius 1 is 1.24 bits per heavy atom. The monoisotopic (exact) mass is 424 g/mol. The molecule has 0 unspecified atom stereocenters. The van der Waals surface area contributed by atoms with Crippen LogP contribution in [0.4, 0.5) is 0 Å². The van der Waals surface area contributed by atoms with E-state index in [9.17, 15) is 4.79 Å². The van der Waals surface area contributed by atoms with Crippen LogP contribution in [0.1, 0.15) is 43.5 Å². The molecule has 1 aliphatic rings. The lowest BCUT2D eigenvalue weighted by Crippen LogP contribution is -2.22. The molecule has 0 atom stereocenters. The van der Waals surface area contributed by atoms with Gasteiger partial charge in [0.15, 0.2) is 11.0 Å². The summed E-state index contributed by atoms with van der Waals surface area (Å²) in [7, 11) is 0. The summed E-state index contributed by atoms with van der Waals surface area (Å²) in [6.45, 7) is 2.87. The molecule has 3 heterocycles. The molecule has 0 spiro atoms. The zero-order valence-electron chi connectivity index (χ0n) is 16.0. The van der Waals surface area contributed by atoms with Crippen molar-refractivity contribution in [3.05, 3.63) is 57.5 Å². The summed E-state index contributed by atoms with van der Waals surface area (Å²) in [6.07, 6.45) is 3.28. The van der Waals surface area contributed by atoms with Gasteiger partial charge in [0.25, 0.3) is 5.56 Å². The molecule has 4 aromatic rings. The topological polar surface area (TPSA) is 78.5 Å². The van der Waals surface area contributed by atoms with E-state index in [1.165, 1.54) is 11.8 Å². The highest BCUT2D eigenvalue weighted by molar-refractivity contribution is 7.98. The van der Waals surface area contributed by atoms with Crippen LogP contribution in [0, 0.1) is 0 Å². The minimum Gasteiger partial charge on any atom is -0.268 e. The number of hydrogen-bond donors (Lipinski definition) is 0. The minimum absolute atomic E-state index is 0.0139. The van der Waals surface area contributed by atoms with Gasteiger partial charge in [-0.1, -0.05) is 36.9 Å².